The molecule has 3 nitrogen and oxygen atoms in total. The Labute approximate surface area is 155 Å². The van der Waals surface area contributed by atoms with Crippen molar-refractivity contribution in [2.45, 2.75) is 102 Å². The monoisotopic (exact) mass is 468 g/mol. The van der Waals surface area contributed by atoms with Crippen molar-refractivity contribution in [1.82, 2.24) is 0 Å². The van der Waals surface area contributed by atoms with Gasteiger partial charge in [0, 0.05) is 0 Å². The fourth-order valence-corrected chi connectivity index (χ4v) is 29.5. The summed E-state index contributed by atoms with van der Waals surface area (Å²) < 4.78 is 29.9. The van der Waals surface area contributed by atoms with Gasteiger partial charge in [0.1, 0.15) is 0 Å². The summed E-state index contributed by atoms with van der Waals surface area (Å²) in [5.74, 6) is 0. The summed E-state index contributed by atoms with van der Waals surface area (Å²) in [4.78, 5) is 0. The molecule has 144 valence electrons. The van der Waals surface area contributed by atoms with Crippen LogP contribution in [-0.2, 0) is 13.6 Å². The Bertz CT molecular complexity index is 357. The SMILES string of the molecule is CCC[CH2][Sn]([CH2]CCC)([CH2]CCC)[C@@H]1C[C@H]1P(=O)(OCC)OCC. The molecule has 0 aliphatic heterocycles. The summed E-state index contributed by atoms with van der Waals surface area (Å²) in [6.45, 7) is 11.8. The van der Waals surface area contributed by atoms with Crippen LogP contribution in [0.2, 0.25) is 17.2 Å². The number of hydrogen-bond donors (Lipinski definition) is 0. The number of rotatable bonds is 15. The van der Waals surface area contributed by atoms with Crippen molar-refractivity contribution in [2.75, 3.05) is 13.2 Å². The minimum atomic E-state index is -2.88. The summed E-state index contributed by atoms with van der Waals surface area (Å²) in [5.41, 5.74) is 0.235. The van der Waals surface area contributed by atoms with Gasteiger partial charge < -0.3 is 0 Å². The van der Waals surface area contributed by atoms with Crippen LogP contribution in [0.3, 0.4) is 0 Å². The fourth-order valence-electron chi connectivity index (χ4n) is 4.30. The zero-order chi connectivity index (χ0) is 18.1. The van der Waals surface area contributed by atoms with Gasteiger partial charge in [-0.05, 0) is 0 Å². The molecule has 0 aromatic heterocycles. The third-order valence-electron chi connectivity index (χ3n) is 5.65. The molecule has 24 heavy (non-hydrogen) atoms. The summed E-state index contributed by atoms with van der Waals surface area (Å²) in [6, 6.07) is 0. The molecule has 0 heterocycles. The van der Waals surface area contributed by atoms with Gasteiger partial charge in [0.15, 0.2) is 0 Å². The molecule has 5 heteroatoms. The van der Waals surface area contributed by atoms with Gasteiger partial charge in [0.25, 0.3) is 0 Å². The van der Waals surface area contributed by atoms with E-state index >= 15 is 0 Å². The van der Waals surface area contributed by atoms with Crippen LogP contribution in [0.4, 0.5) is 0 Å². The summed E-state index contributed by atoms with van der Waals surface area (Å²) in [5, 5.41) is 0. The van der Waals surface area contributed by atoms with E-state index in [-0.39, 0.29) is 5.66 Å². The van der Waals surface area contributed by atoms with Crippen molar-refractivity contribution in [3.05, 3.63) is 0 Å². The normalized spacial score (nSPS) is 21.2. The van der Waals surface area contributed by atoms with Gasteiger partial charge in [-0.15, -0.1) is 0 Å². The van der Waals surface area contributed by atoms with E-state index in [1.807, 2.05) is 13.8 Å². The molecule has 0 bridgehead atoms. The van der Waals surface area contributed by atoms with Crippen LogP contribution in [0.5, 0.6) is 0 Å². The quantitative estimate of drug-likeness (QED) is 0.188. The number of hydrogen-bond acceptors (Lipinski definition) is 3. The van der Waals surface area contributed by atoms with Crippen molar-refractivity contribution in [1.29, 1.82) is 0 Å². The molecular weight excluding hydrogens is 426 g/mol. The maximum absolute atomic E-state index is 13.2. The van der Waals surface area contributed by atoms with E-state index in [4.69, 9.17) is 9.05 Å². The third kappa shape index (κ3) is 6.28. The number of unbranched alkanes of at least 4 members (excludes halogenated alkanes) is 3. The van der Waals surface area contributed by atoms with Gasteiger partial charge in [0.2, 0.25) is 0 Å². The Morgan fingerprint density at radius 2 is 1.25 bits per heavy atom. The van der Waals surface area contributed by atoms with Crippen molar-refractivity contribution >= 4 is 26.0 Å². The summed E-state index contributed by atoms with van der Waals surface area (Å²) in [6.07, 6.45) is 9.14. The van der Waals surface area contributed by atoms with E-state index in [0.29, 0.717) is 13.2 Å². The summed E-state index contributed by atoms with van der Waals surface area (Å²) in [7, 11) is -2.88. The van der Waals surface area contributed by atoms with Gasteiger partial charge in [-0.25, -0.2) is 0 Å². The molecule has 0 saturated heterocycles. The second-order valence-corrected chi connectivity index (χ2v) is 23.9. The van der Waals surface area contributed by atoms with Gasteiger partial charge in [-0.2, -0.15) is 0 Å². The van der Waals surface area contributed by atoms with Gasteiger partial charge in [-0.1, -0.05) is 0 Å². The molecule has 0 aromatic carbocycles. The second-order valence-electron chi connectivity index (χ2n) is 7.46. The van der Waals surface area contributed by atoms with Crippen LogP contribution in [-0.4, -0.2) is 37.2 Å². The van der Waals surface area contributed by atoms with E-state index in [9.17, 15) is 4.57 Å². The Hall–Kier alpha value is 0.949. The Balaban J connectivity index is 2.94. The van der Waals surface area contributed by atoms with Crippen molar-refractivity contribution < 1.29 is 13.6 Å². The Morgan fingerprint density at radius 3 is 1.58 bits per heavy atom. The first-order chi connectivity index (χ1) is 11.5. The van der Waals surface area contributed by atoms with Crippen LogP contribution in [0.1, 0.15) is 79.6 Å². The van der Waals surface area contributed by atoms with Crippen molar-refractivity contribution in [3.8, 4) is 0 Å². The average Bonchev–Trinajstić information content (AvgIpc) is 3.37. The van der Waals surface area contributed by atoms with Crippen molar-refractivity contribution in [2.24, 2.45) is 0 Å². The molecule has 1 saturated carbocycles. The predicted octanol–water partition coefficient (Wildman–Crippen LogP) is 7.24. The standard InChI is InChI=1S/C7H14O3P.3C4H9.Sn/c1-3-9-11(8,10-4-2)7-5-6-7;3*1-3-4-2;/h5,7H,3-4,6H2,1-2H3;3*1,3-4H2,2H3;/t7-;;;;/m0..../s1. The molecule has 0 unspecified atom stereocenters. The van der Waals surface area contributed by atoms with E-state index in [1.165, 1.54) is 51.8 Å². The molecule has 1 fully saturated rings. The predicted molar refractivity (Wildman–Crippen MR) is 108 cm³/mol. The summed E-state index contributed by atoms with van der Waals surface area (Å²) >= 11 is -2.28. The van der Waals surface area contributed by atoms with E-state index in [0.717, 1.165) is 10.4 Å². The molecule has 0 aromatic rings. The second kappa shape index (κ2) is 11.6. The van der Waals surface area contributed by atoms with Crippen LogP contribution in [0.15, 0.2) is 0 Å². The Kier molecular flexibility index (Phi) is 11.1. The van der Waals surface area contributed by atoms with E-state index in [2.05, 4.69) is 20.8 Å². The van der Waals surface area contributed by atoms with Crippen LogP contribution in [0.25, 0.3) is 0 Å². The zero-order valence-corrected chi connectivity index (χ0v) is 20.6. The fraction of sp³-hybridized carbons (Fsp3) is 1.00. The minimum absolute atomic E-state index is 0.235. The molecule has 0 N–H and O–H groups in total. The molecule has 1 rings (SSSR count). The van der Waals surface area contributed by atoms with E-state index in [1.54, 1.807) is 0 Å². The van der Waals surface area contributed by atoms with Crippen LogP contribution < -0.4 is 0 Å². The maximum atomic E-state index is 13.2. The van der Waals surface area contributed by atoms with Gasteiger partial charge in [-0.3, -0.25) is 0 Å². The van der Waals surface area contributed by atoms with Gasteiger partial charge in [0.05, 0.1) is 0 Å². The molecule has 1 aliphatic rings. The van der Waals surface area contributed by atoms with Crippen LogP contribution >= 0.6 is 7.60 Å². The Morgan fingerprint density at radius 1 is 0.833 bits per heavy atom. The first kappa shape index (κ1) is 23.0. The first-order valence-corrected chi connectivity index (χ1v) is 19.7. The molecule has 0 amide bonds. The molecule has 0 radical (unpaired) electrons. The average molecular weight is 467 g/mol. The molecule has 1 aliphatic carbocycles. The third-order valence-corrected chi connectivity index (χ3v) is 26.9. The van der Waals surface area contributed by atoms with E-state index < -0.39 is 26.0 Å². The molecule has 2 atom stereocenters. The zero-order valence-electron chi connectivity index (χ0n) is 16.8. The molecular formula is C19H41O3PSn. The first-order valence-electron chi connectivity index (χ1n) is 10.4. The van der Waals surface area contributed by atoms with Gasteiger partial charge >= 0.3 is 155 Å². The van der Waals surface area contributed by atoms with Crippen molar-refractivity contribution in [3.63, 3.8) is 0 Å². The van der Waals surface area contributed by atoms with Crippen LogP contribution in [0, 0.1) is 0 Å². The molecule has 0 spiro atoms. The topological polar surface area (TPSA) is 35.5 Å².